The molecule has 5 heteroatoms. The number of hydrogen-bond donors (Lipinski definition) is 0. The Bertz CT molecular complexity index is 918. The minimum atomic E-state index is -0.0314. The van der Waals surface area contributed by atoms with Gasteiger partial charge in [-0.2, -0.15) is 4.98 Å². The maximum Gasteiger partial charge on any atom is 0.257 e. The van der Waals surface area contributed by atoms with Gasteiger partial charge in [0.2, 0.25) is 5.91 Å². The zero-order valence-electron chi connectivity index (χ0n) is 15.6. The fourth-order valence-electron chi connectivity index (χ4n) is 3.59. The molecule has 1 amide bonds. The third kappa shape index (κ3) is 3.50. The minimum absolute atomic E-state index is 0.0314. The van der Waals surface area contributed by atoms with Crippen molar-refractivity contribution >= 4 is 5.91 Å². The Morgan fingerprint density at radius 1 is 1.15 bits per heavy atom. The first-order valence-corrected chi connectivity index (χ1v) is 9.43. The highest BCUT2D eigenvalue weighted by atomic mass is 16.5. The molecule has 2 aromatic carbocycles. The second-order valence-electron chi connectivity index (χ2n) is 7.04. The van der Waals surface area contributed by atoms with Gasteiger partial charge in [-0.3, -0.25) is 4.79 Å². The first-order valence-electron chi connectivity index (χ1n) is 9.43. The maximum absolute atomic E-state index is 12.6. The first kappa shape index (κ1) is 17.5. The van der Waals surface area contributed by atoms with E-state index in [1.54, 1.807) is 0 Å². The number of aryl methyl sites for hydroxylation is 1. The van der Waals surface area contributed by atoms with Crippen LogP contribution in [0.2, 0.25) is 0 Å². The number of nitrogens with zero attached hydrogens (tertiary/aromatic N) is 3. The monoisotopic (exact) mass is 361 g/mol. The van der Waals surface area contributed by atoms with Crippen molar-refractivity contribution in [3.63, 3.8) is 0 Å². The highest BCUT2D eigenvalue weighted by Crippen LogP contribution is 2.33. The number of benzene rings is 2. The van der Waals surface area contributed by atoms with E-state index in [0.717, 1.165) is 17.5 Å². The van der Waals surface area contributed by atoms with Crippen molar-refractivity contribution in [1.29, 1.82) is 0 Å². The smallest absolute Gasteiger partial charge is 0.257 e. The Balaban J connectivity index is 1.50. The quantitative estimate of drug-likeness (QED) is 0.677. The first-order chi connectivity index (χ1) is 13.2. The summed E-state index contributed by atoms with van der Waals surface area (Å²) in [6.45, 7) is 4.80. The van der Waals surface area contributed by atoms with E-state index in [0.29, 0.717) is 24.7 Å². The van der Waals surface area contributed by atoms with E-state index < -0.39 is 0 Å². The molecule has 1 aliphatic rings. The highest BCUT2D eigenvalue weighted by molar-refractivity contribution is 5.80. The van der Waals surface area contributed by atoms with Gasteiger partial charge in [0.25, 0.3) is 5.89 Å². The summed E-state index contributed by atoms with van der Waals surface area (Å²) in [5.74, 6) is 1.22. The van der Waals surface area contributed by atoms with Crippen molar-refractivity contribution in [3.05, 3.63) is 71.5 Å². The summed E-state index contributed by atoms with van der Waals surface area (Å²) in [6, 6.07) is 18.3. The molecule has 1 aliphatic heterocycles. The van der Waals surface area contributed by atoms with Crippen LogP contribution in [0.25, 0.3) is 11.5 Å². The number of carbonyl (C=O) groups excluding carboxylic acids is 1. The lowest BCUT2D eigenvalue weighted by atomic mass is 10.1. The van der Waals surface area contributed by atoms with E-state index in [1.807, 2.05) is 35.2 Å². The van der Waals surface area contributed by atoms with Crippen LogP contribution in [-0.4, -0.2) is 27.5 Å². The van der Waals surface area contributed by atoms with Gasteiger partial charge in [0.15, 0.2) is 5.82 Å². The van der Waals surface area contributed by atoms with Gasteiger partial charge in [0.1, 0.15) is 0 Å². The average molecular weight is 361 g/mol. The van der Waals surface area contributed by atoms with Crippen molar-refractivity contribution in [2.75, 3.05) is 6.54 Å². The standard InChI is InChI=1S/C22H23N3O2/c1-3-16-9-11-18(12-10-16)22-23-21(24-27-22)19-13-20(26)25(14-19)15(2)17-7-5-4-6-8-17/h4-12,15,19H,3,13-14H2,1-2H3. The molecule has 1 aromatic heterocycles. The molecule has 2 unspecified atom stereocenters. The van der Waals surface area contributed by atoms with Gasteiger partial charge < -0.3 is 9.42 Å². The summed E-state index contributed by atoms with van der Waals surface area (Å²) in [5, 5.41) is 4.15. The molecule has 1 saturated heterocycles. The van der Waals surface area contributed by atoms with Gasteiger partial charge in [-0.25, -0.2) is 0 Å². The molecule has 3 aromatic rings. The number of carbonyl (C=O) groups is 1. The van der Waals surface area contributed by atoms with Crippen molar-refractivity contribution in [2.45, 2.75) is 38.6 Å². The lowest BCUT2D eigenvalue weighted by Gasteiger charge is -2.25. The van der Waals surface area contributed by atoms with Crippen LogP contribution in [0.4, 0.5) is 0 Å². The molecule has 5 nitrogen and oxygen atoms in total. The van der Waals surface area contributed by atoms with Crippen molar-refractivity contribution in [1.82, 2.24) is 15.0 Å². The normalized spacial score (nSPS) is 18.1. The fourth-order valence-corrected chi connectivity index (χ4v) is 3.59. The van der Waals surface area contributed by atoms with Crippen molar-refractivity contribution in [3.8, 4) is 11.5 Å². The predicted octanol–water partition coefficient (Wildman–Crippen LogP) is 4.38. The van der Waals surface area contributed by atoms with E-state index in [4.69, 9.17) is 4.52 Å². The third-order valence-electron chi connectivity index (χ3n) is 5.32. The Hall–Kier alpha value is -2.95. The van der Waals surface area contributed by atoms with Gasteiger partial charge in [-0.05, 0) is 36.6 Å². The molecule has 0 N–H and O–H groups in total. The Kier molecular flexibility index (Phi) is 4.75. The molecule has 4 rings (SSSR count). The van der Waals surface area contributed by atoms with Gasteiger partial charge in [0, 0.05) is 24.4 Å². The maximum atomic E-state index is 12.6. The molecule has 0 saturated carbocycles. The molecule has 2 atom stereocenters. The van der Waals surface area contributed by atoms with E-state index in [1.165, 1.54) is 5.56 Å². The average Bonchev–Trinajstić information content (AvgIpc) is 3.35. The Morgan fingerprint density at radius 3 is 2.59 bits per heavy atom. The lowest BCUT2D eigenvalue weighted by Crippen LogP contribution is -2.28. The van der Waals surface area contributed by atoms with E-state index >= 15 is 0 Å². The number of aromatic nitrogens is 2. The summed E-state index contributed by atoms with van der Waals surface area (Å²) < 4.78 is 5.46. The zero-order chi connectivity index (χ0) is 18.8. The molecule has 27 heavy (non-hydrogen) atoms. The molecule has 0 radical (unpaired) electrons. The molecule has 1 fully saturated rings. The van der Waals surface area contributed by atoms with E-state index in [-0.39, 0.29) is 17.9 Å². The molecule has 0 bridgehead atoms. The van der Waals surface area contributed by atoms with Crippen molar-refractivity contribution in [2.24, 2.45) is 0 Å². The van der Waals surface area contributed by atoms with Crippen LogP contribution in [0.1, 0.15) is 49.2 Å². The molecule has 138 valence electrons. The third-order valence-corrected chi connectivity index (χ3v) is 5.32. The number of likely N-dealkylation sites (tertiary alicyclic amines) is 1. The topological polar surface area (TPSA) is 59.2 Å². The molecule has 0 aliphatic carbocycles. The SMILES string of the molecule is CCc1ccc(-c2nc(C3CC(=O)N(C(C)c4ccccc4)C3)no2)cc1. The largest absolute Gasteiger partial charge is 0.335 e. The van der Waals surface area contributed by atoms with Crippen LogP contribution >= 0.6 is 0 Å². The van der Waals surface area contributed by atoms with Gasteiger partial charge in [0.05, 0.1) is 6.04 Å². The van der Waals surface area contributed by atoms with Gasteiger partial charge >= 0.3 is 0 Å². The van der Waals surface area contributed by atoms with Crippen LogP contribution in [0.5, 0.6) is 0 Å². The second kappa shape index (κ2) is 7.35. The molecular formula is C22H23N3O2. The number of amides is 1. The second-order valence-corrected chi connectivity index (χ2v) is 7.04. The summed E-state index contributed by atoms with van der Waals surface area (Å²) in [6.07, 6.45) is 1.42. The number of hydrogen-bond acceptors (Lipinski definition) is 4. The summed E-state index contributed by atoms with van der Waals surface area (Å²) >= 11 is 0. The zero-order valence-corrected chi connectivity index (χ0v) is 15.6. The Morgan fingerprint density at radius 2 is 1.89 bits per heavy atom. The van der Waals surface area contributed by atoms with Crippen LogP contribution < -0.4 is 0 Å². The Labute approximate surface area is 159 Å². The minimum Gasteiger partial charge on any atom is -0.335 e. The summed E-state index contributed by atoms with van der Waals surface area (Å²) in [7, 11) is 0. The van der Waals surface area contributed by atoms with E-state index in [2.05, 4.69) is 48.3 Å². The van der Waals surface area contributed by atoms with Crippen molar-refractivity contribution < 1.29 is 9.32 Å². The summed E-state index contributed by atoms with van der Waals surface area (Å²) in [5.41, 5.74) is 3.31. The van der Waals surface area contributed by atoms with Crippen LogP contribution in [-0.2, 0) is 11.2 Å². The van der Waals surface area contributed by atoms with Crippen LogP contribution in [0.3, 0.4) is 0 Å². The van der Waals surface area contributed by atoms with E-state index in [9.17, 15) is 4.79 Å². The fraction of sp³-hybridized carbons (Fsp3) is 0.318. The van der Waals surface area contributed by atoms with Gasteiger partial charge in [-0.15, -0.1) is 0 Å². The molecule has 2 heterocycles. The number of rotatable bonds is 5. The molecular weight excluding hydrogens is 338 g/mol. The van der Waals surface area contributed by atoms with Crippen LogP contribution in [0, 0.1) is 0 Å². The van der Waals surface area contributed by atoms with Crippen LogP contribution in [0.15, 0.2) is 59.1 Å². The lowest BCUT2D eigenvalue weighted by molar-refractivity contribution is -0.129. The van der Waals surface area contributed by atoms with Gasteiger partial charge in [-0.1, -0.05) is 54.5 Å². The summed E-state index contributed by atoms with van der Waals surface area (Å²) in [4.78, 5) is 19.0. The predicted molar refractivity (Wildman–Crippen MR) is 103 cm³/mol. The molecule has 0 spiro atoms. The highest BCUT2D eigenvalue weighted by Gasteiger charge is 2.36.